The van der Waals surface area contributed by atoms with Crippen LogP contribution in [-0.4, -0.2) is 41.8 Å². The molecular weight excluding hydrogens is 390 g/mol. The Bertz CT molecular complexity index is 962. The third-order valence-electron chi connectivity index (χ3n) is 7.81. The zero-order valence-corrected chi connectivity index (χ0v) is 17.9. The van der Waals surface area contributed by atoms with Crippen molar-refractivity contribution in [3.05, 3.63) is 59.7 Å². The van der Waals surface area contributed by atoms with Gasteiger partial charge in [0.05, 0.1) is 5.92 Å². The van der Waals surface area contributed by atoms with Crippen LogP contribution in [0.15, 0.2) is 48.5 Å². The molecule has 5 nitrogen and oxygen atoms in total. The number of benzene rings is 2. The van der Waals surface area contributed by atoms with E-state index in [1.165, 1.54) is 22.3 Å². The van der Waals surface area contributed by atoms with Gasteiger partial charge in [-0.1, -0.05) is 68.3 Å². The van der Waals surface area contributed by atoms with Gasteiger partial charge in [-0.2, -0.15) is 0 Å². The molecule has 1 amide bonds. The summed E-state index contributed by atoms with van der Waals surface area (Å²) in [4.78, 5) is 26.6. The number of carboxylic acid groups (broad SMARTS) is 1. The molecule has 2 aliphatic carbocycles. The van der Waals surface area contributed by atoms with E-state index in [2.05, 4.69) is 31.2 Å². The van der Waals surface area contributed by atoms with E-state index in [0.717, 1.165) is 25.7 Å². The van der Waals surface area contributed by atoms with Gasteiger partial charge in [-0.15, -0.1) is 0 Å². The second kappa shape index (κ2) is 7.70. The van der Waals surface area contributed by atoms with E-state index in [0.29, 0.717) is 12.5 Å². The van der Waals surface area contributed by atoms with E-state index in [4.69, 9.17) is 4.74 Å². The summed E-state index contributed by atoms with van der Waals surface area (Å²) in [6, 6.07) is 16.5. The van der Waals surface area contributed by atoms with Crippen molar-refractivity contribution in [3.8, 4) is 11.1 Å². The number of nitrogens with zero attached hydrogens (tertiary/aromatic N) is 1. The van der Waals surface area contributed by atoms with E-state index >= 15 is 0 Å². The van der Waals surface area contributed by atoms with Crippen molar-refractivity contribution in [2.24, 2.45) is 17.3 Å². The Morgan fingerprint density at radius 3 is 2.19 bits per heavy atom. The molecule has 1 spiro atoms. The van der Waals surface area contributed by atoms with Gasteiger partial charge in [-0.3, -0.25) is 4.79 Å². The Balaban J connectivity index is 1.31. The number of carboxylic acids is 1. The number of carbonyl (C=O) groups excluding carboxylic acids is 1. The first kappa shape index (κ1) is 20.1. The summed E-state index contributed by atoms with van der Waals surface area (Å²) in [5, 5.41) is 9.84. The smallest absolute Gasteiger partial charge is 0.409 e. The highest BCUT2D eigenvalue weighted by atomic mass is 16.6. The number of aliphatic carboxylic acids is 1. The highest BCUT2D eigenvalue weighted by Crippen LogP contribution is 2.49. The van der Waals surface area contributed by atoms with Gasteiger partial charge in [0.15, 0.2) is 0 Å². The maximum atomic E-state index is 13.0. The Hall–Kier alpha value is -2.82. The van der Waals surface area contributed by atoms with Crippen molar-refractivity contribution in [1.82, 2.24) is 4.90 Å². The van der Waals surface area contributed by atoms with Crippen molar-refractivity contribution in [3.63, 3.8) is 0 Å². The van der Waals surface area contributed by atoms with Crippen LogP contribution in [0.1, 0.15) is 49.7 Å². The molecule has 1 N–H and O–H groups in total. The van der Waals surface area contributed by atoms with Crippen molar-refractivity contribution in [2.75, 3.05) is 19.7 Å². The molecular formula is C26H29NO4. The predicted octanol–water partition coefficient (Wildman–Crippen LogP) is 5.15. The van der Waals surface area contributed by atoms with Crippen molar-refractivity contribution < 1.29 is 19.4 Å². The third kappa shape index (κ3) is 3.40. The van der Waals surface area contributed by atoms with Gasteiger partial charge in [0.1, 0.15) is 6.61 Å². The van der Waals surface area contributed by atoms with Crippen LogP contribution in [-0.2, 0) is 9.53 Å². The number of hydrogen-bond donors (Lipinski definition) is 1. The minimum absolute atomic E-state index is 0.0127. The van der Waals surface area contributed by atoms with Gasteiger partial charge < -0.3 is 14.7 Å². The van der Waals surface area contributed by atoms with E-state index in [1.807, 2.05) is 24.3 Å². The number of fused-ring (bicyclic) bond motifs is 3. The second-order valence-corrected chi connectivity index (χ2v) is 9.62. The van der Waals surface area contributed by atoms with Crippen molar-refractivity contribution >= 4 is 12.1 Å². The van der Waals surface area contributed by atoms with E-state index in [9.17, 15) is 14.7 Å². The summed E-state index contributed by atoms with van der Waals surface area (Å²) in [6.45, 7) is 3.24. The zero-order valence-electron chi connectivity index (χ0n) is 17.9. The first-order valence-electron chi connectivity index (χ1n) is 11.3. The summed E-state index contributed by atoms with van der Waals surface area (Å²) < 4.78 is 5.80. The average molecular weight is 420 g/mol. The number of amides is 1. The SMILES string of the molecule is CC1CCC2(CC1)CN(C(=O)OCC1c3ccccc3-c3ccccc31)CC2C(=O)O. The summed E-state index contributed by atoms with van der Waals surface area (Å²) in [5.74, 6) is -0.647. The highest BCUT2D eigenvalue weighted by Gasteiger charge is 2.52. The monoisotopic (exact) mass is 419 g/mol. The van der Waals surface area contributed by atoms with Crippen molar-refractivity contribution in [1.29, 1.82) is 0 Å². The second-order valence-electron chi connectivity index (χ2n) is 9.62. The molecule has 2 aromatic carbocycles. The molecule has 31 heavy (non-hydrogen) atoms. The number of likely N-dealkylation sites (tertiary alicyclic amines) is 1. The molecule has 1 atom stereocenters. The van der Waals surface area contributed by atoms with E-state index < -0.39 is 11.9 Å². The molecule has 1 unspecified atom stereocenters. The van der Waals surface area contributed by atoms with E-state index in [-0.39, 0.29) is 30.6 Å². The molecule has 5 rings (SSSR count). The van der Waals surface area contributed by atoms with Crippen LogP contribution < -0.4 is 0 Å². The standard InChI is InChI=1S/C26H29NO4/c1-17-10-12-26(13-11-17)16-27(14-23(26)24(28)29)25(30)31-15-22-20-8-4-2-6-18(20)19-7-3-5-9-21(19)22/h2-9,17,22-23H,10-16H2,1H3,(H,28,29). The van der Waals surface area contributed by atoms with Crippen LogP contribution in [0, 0.1) is 17.3 Å². The van der Waals surface area contributed by atoms with Crippen LogP contribution in [0.3, 0.4) is 0 Å². The maximum absolute atomic E-state index is 13.0. The van der Waals surface area contributed by atoms with Crippen LogP contribution in [0.5, 0.6) is 0 Å². The first-order valence-corrected chi connectivity index (χ1v) is 11.3. The molecule has 0 aromatic heterocycles. The van der Waals surface area contributed by atoms with Crippen LogP contribution >= 0.6 is 0 Å². The molecule has 0 radical (unpaired) electrons. The molecule has 1 saturated heterocycles. The lowest BCUT2D eigenvalue weighted by Gasteiger charge is -2.38. The van der Waals surface area contributed by atoms with Gasteiger partial charge in [0.2, 0.25) is 0 Å². The fraction of sp³-hybridized carbons (Fsp3) is 0.462. The molecule has 2 fully saturated rings. The molecule has 2 aromatic rings. The largest absolute Gasteiger partial charge is 0.481 e. The normalized spacial score (nSPS) is 27.2. The summed E-state index contributed by atoms with van der Waals surface area (Å²) >= 11 is 0. The van der Waals surface area contributed by atoms with Gasteiger partial charge >= 0.3 is 12.1 Å². The Morgan fingerprint density at radius 2 is 1.61 bits per heavy atom. The molecule has 1 aliphatic heterocycles. The fourth-order valence-electron chi connectivity index (χ4n) is 5.98. The summed E-state index contributed by atoms with van der Waals surface area (Å²) in [7, 11) is 0. The number of rotatable bonds is 3. The lowest BCUT2D eigenvalue weighted by molar-refractivity contribution is -0.145. The quantitative estimate of drug-likeness (QED) is 0.747. The Kier molecular flexibility index (Phi) is 4.99. The van der Waals surface area contributed by atoms with Gasteiger partial charge in [0.25, 0.3) is 0 Å². The van der Waals surface area contributed by atoms with Crippen LogP contribution in [0.25, 0.3) is 11.1 Å². The van der Waals surface area contributed by atoms with Gasteiger partial charge in [0, 0.05) is 24.4 Å². The summed E-state index contributed by atoms with van der Waals surface area (Å²) in [6.07, 6.45) is 3.42. The lowest BCUT2D eigenvalue weighted by Crippen LogP contribution is -2.38. The molecule has 0 bridgehead atoms. The van der Waals surface area contributed by atoms with Crippen LogP contribution in [0.4, 0.5) is 4.79 Å². The fourth-order valence-corrected chi connectivity index (χ4v) is 5.98. The zero-order chi connectivity index (χ0) is 21.6. The minimum Gasteiger partial charge on any atom is -0.481 e. The lowest BCUT2D eigenvalue weighted by atomic mass is 9.65. The molecule has 162 valence electrons. The molecule has 1 saturated carbocycles. The molecule has 3 aliphatic rings. The molecule has 5 heteroatoms. The van der Waals surface area contributed by atoms with Gasteiger partial charge in [-0.25, -0.2) is 4.79 Å². The van der Waals surface area contributed by atoms with E-state index in [1.54, 1.807) is 4.90 Å². The minimum atomic E-state index is -0.788. The number of carbonyl (C=O) groups is 2. The number of ether oxygens (including phenoxy) is 1. The van der Waals surface area contributed by atoms with Gasteiger partial charge in [-0.05, 0) is 41.0 Å². The number of hydrogen-bond acceptors (Lipinski definition) is 3. The predicted molar refractivity (Wildman–Crippen MR) is 118 cm³/mol. The molecule has 1 heterocycles. The Morgan fingerprint density at radius 1 is 1.03 bits per heavy atom. The average Bonchev–Trinajstić information content (AvgIpc) is 3.31. The first-order chi connectivity index (χ1) is 15.0. The topological polar surface area (TPSA) is 66.8 Å². The Labute approximate surface area is 183 Å². The highest BCUT2D eigenvalue weighted by molar-refractivity contribution is 5.79. The van der Waals surface area contributed by atoms with Crippen molar-refractivity contribution in [2.45, 2.75) is 38.5 Å². The van der Waals surface area contributed by atoms with Crippen LogP contribution in [0.2, 0.25) is 0 Å². The third-order valence-corrected chi connectivity index (χ3v) is 7.81. The summed E-state index contributed by atoms with van der Waals surface area (Å²) in [5.41, 5.74) is 4.45. The maximum Gasteiger partial charge on any atom is 0.409 e.